The fourth-order valence-electron chi connectivity index (χ4n) is 5.91. The summed E-state index contributed by atoms with van der Waals surface area (Å²) in [5.41, 5.74) is 9.15. The molecule has 5 heteroatoms. The Bertz CT molecular complexity index is 2150. The van der Waals surface area contributed by atoms with Crippen LogP contribution in [0.15, 0.2) is 180 Å². The van der Waals surface area contributed by atoms with E-state index in [1.165, 1.54) is 16.7 Å². The number of hydrogen-bond acceptors (Lipinski definition) is 5. The molecule has 0 saturated heterocycles. The predicted molar refractivity (Wildman–Crippen MR) is 192 cm³/mol. The van der Waals surface area contributed by atoms with Gasteiger partial charge in [-0.25, -0.2) is 0 Å². The quantitative estimate of drug-likeness (QED) is 0.170. The van der Waals surface area contributed by atoms with Crippen molar-refractivity contribution in [1.82, 2.24) is 0 Å². The molecule has 5 nitrogen and oxygen atoms in total. The molecule has 0 spiro atoms. The summed E-state index contributed by atoms with van der Waals surface area (Å²) in [7, 11) is 0. The molecular weight excluding hydrogens is 589 g/mol. The van der Waals surface area contributed by atoms with Gasteiger partial charge >= 0.3 is 0 Å². The van der Waals surface area contributed by atoms with Crippen molar-refractivity contribution >= 4 is 23.2 Å². The number of allylic oxidation sites excluding steroid dienone is 5. The molecule has 1 atom stereocenters. The van der Waals surface area contributed by atoms with Crippen LogP contribution in [0, 0.1) is 22.7 Å². The first-order valence-corrected chi connectivity index (χ1v) is 15.8. The van der Waals surface area contributed by atoms with Gasteiger partial charge in [0, 0.05) is 17.6 Å². The van der Waals surface area contributed by atoms with Crippen molar-refractivity contribution in [3.8, 4) is 23.3 Å². The second-order valence-corrected chi connectivity index (χ2v) is 11.5. The van der Waals surface area contributed by atoms with E-state index in [9.17, 15) is 10.5 Å². The number of nitrogens with zero attached hydrogens (tertiary/aromatic N) is 4. The lowest BCUT2D eigenvalue weighted by Gasteiger charge is -2.24. The smallest absolute Gasteiger partial charge is 0.137 e. The molecule has 5 aromatic carbocycles. The van der Waals surface area contributed by atoms with Gasteiger partial charge in [-0.15, -0.1) is 0 Å². The van der Waals surface area contributed by atoms with Gasteiger partial charge in [0.25, 0.3) is 0 Å². The molecule has 0 aliphatic carbocycles. The second-order valence-electron chi connectivity index (χ2n) is 11.5. The van der Waals surface area contributed by atoms with E-state index in [2.05, 4.69) is 102 Å². The average molecular weight is 619 g/mol. The van der Waals surface area contributed by atoms with Crippen LogP contribution in [0.1, 0.15) is 34.7 Å². The highest BCUT2D eigenvalue weighted by molar-refractivity contribution is 6.03. The fraction of sp³-hybridized carbons (Fsp3) is 0.0465. The highest BCUT2D eigenvalue weighted by Crippen LogP contribution is 2.38. The van der Waals surface area contributed by atoms with Crippen molar-refractivity contribution in [2.75, 3.05) is 5.01 Å². The largest absolute Gasteiger partial charge is 0.457 e. The first kappa shape index (κ1) is 30.0. The number of benzene rings is 5. The Morgan fingerprint density at radius 1 is 0.646 bits per heavy atom. The Kier molecular flexibility index (Phi) is 8.59. The molecule has 0 N–H and O–H groups in total. The molecule has 228 valence electrons. The predicted octanol–water partition coefficient (Wildman–Crippen LogP) is 10.0. The zero-order chi connectivity index (χ0) is 32.7. The van der Waals surface area contributed by atoms with Crippen LogP contribution >= 0.6 is 0 Å². The molecular formula is C43H30N4O. The maximum Gasteiger partial charge on any atom is 0.137 e. The van der Waals surface area contributed by atoms with Crippen LogP contribution < -0.4 is 5.01 Å². The molecule has 1 unspecified atom stereocenters. The van der Waals surface area contributed by atoms with E-state index in [-0.39, 0.29) is 11.6 Å². The molecule has 2 aliphatic heterocycles. The minimum Gasteiger partial charge on any atom is -0.457 e. The van der Waals surface area contributed by atoms with Gasteiger partial charge in [-0.1, -0.05) is 133 Å². The van der Waals surface area contributed by atoms with E-state index in [4.69, 9.17) is 9.84 Å². The first-order chi connectivity index (χ1) is 23.7. The van der Waals surface area contributed by atoms with Gasteiger partial charge in [0.1, 0.15) is 29.2 Å². The van der Waals surface area contributed by atoms with Gasteiger partial charge in [0.05, 0.1) is 17.4 Å². The summed E-state index contributed by atoms with van der Waals surface area (Å²) in [6, 6.07) is 51.5. The zero-order valence-electron chi connectivity index (χ0n) is 26.1. The number of hydrogen-bond donors (Lipinski definition) is 0. The maximum atomic E-state index is 9.52. The molecule has 7 rings (SSSR count). The summed E-state index contributed by atoms with van der Waals surface area (Å²) in [5, 5.41) is 26.3. The summed E-state index contributed by atoms with van der Waals surface area (Å²) in [5.74, 6) is 1.11. The monoisotopic (exact) mass is 618 g/mol. The van der Waals surface area contributed by atoms with Crippen LogP contribution in [0.5, 0.6) is 0 Å². The highest BCUT2D eigenvalue weighted by atomic mass is 16.5. The van der Waals surface area contributed by atoms with Crippen LogP contribution in [0.2, 0.25) is 0 Å². The molecule has 0 aromatic heterocycles. The van der Waals surface area contributed by atoms with E-state index < -0.39 is 0 Å². The Labute approximate surface area is 280 Å². The average Bonchev–Trinajstić information content (AvgIpc) is 3.62. The third-order valence-corrected chi connectivity index (χ3v) is 8.40. The van der Waals surface area contributed by atoms with Crippen LogP contribution in [-0.2, 0) is 4.74 Å². The zero-order valence-corrected chi connectivity index (χ0v) is 26.1. The van der Waals surface area contributed by atoms with Gasteiger partial charge in [-0.05, 0) is 58.2 Å². The molecule has 2 heterocycles. The lowest BCUT2D eigenvalue weighted by atomic mass is 9.96. The van der Waals surface area contributed by atoms with Crippen molar-refractivity contribution in [2.24, 2.45) is 5.10 Å². The Morgan fingerprint density at radius 2 is 1.23 bits per heavy atom. The summed E-state index contributed by atoms with van der Waals surface area (Å²) < 4.78 is 6.18. The third kappa shape index (κ3) is 6.49. The molecule has 0 fully saturated rings. The van der Waals surface area contributed by atoms with Crippen LogP contribution in [0.4, 0.5) is 5.69 Å². The molecule has 0 bridgehead atoms. The van der Waals surface area contributed by atoms with E-state index in [1.807, 2.05) is 66.8 Å². The Balaban J connectivity index is 1.15. The minimum atomic E-state index is 0.0345. The molecule has 0 saturated carbocycles. The van der Waals surface area contributed by atoms with Crippen molar-refractivity contribution in [1.29, 1.82) is 10.5 Å². The van der Waals surface area contributed by atoms with Crippen molar-refractivity contribution in [2.45, 2.75) is 12.5 Å². The lowest BCUT2D eigenvalue weighted by Crippen LogP contribution is -2.18. The highest BCUT2D eigenvalue weighted by Gasteiger charge is 2.30. The fourth-order valence-corrected chi connectivity index (χ4v) is 5.91. The molecule has 0 radical (unpaired) electrons. The van der Waals surface area contributed by atoms with Gasteiger partial charge in [0.2, 0.25) is 0 Å². The van der Waals surface area contributed by atoms with Crippen LogP contribution in [0.25, 0.3) is 23.0 Å². The van der Waals surface area contributed by atoms with Gasteiger partial charge in [-0.2, -0.15) is 15.6 Å². The Morgan fingerprint density at radius 3 is 1.85 bits per heavy atom. The number of hydrazone groups is 1. The number of ether oxygens (including phenoxy) is 1. The van der Waals surface area contributed by atoms with Crippen LogP contribution in [-0.4, -0.2) is 5.71 Å². The molecule has 48 heavy (non-hydrogen) atoms. The first-order valence-electron chi connectivity index (χ1n) is 15.8. The van der Waals surface area contributed by atoms with Crippen molar-refractivity contribution < 1.29 is 4.74 Å². The SMILES string of the molecule is N#CC(C#N)=C1C=C(/C=C/c2ccc(N3N=C(c4ccccc4)CC3c3ccc(-c4ccccc4)cc3)cc2)OC(c2ccccc2)=C1. The topological polar surface area (TPSA) is 72.4 Å². The number of anilines is 1. The third-order valence-electron chi connectivity index (χ3n) is 8.40. The van der Waals surface area contributed by atoms with Gasteiger partial charge in [-0.3, -0.25) is 5.01 Å². The van der Waals surface area contributed by atoms with E-state index in [0.717, 1.165) is 34.5 Å². The molecule has 5 aromatic rings. The van der Waals surface area contributed by atoms with Crippen molar-refractivity contribution in [3.05, 3.63) is 197 Å². The number of nitriles is 2. The van der Waals surface area contributed by atoms with Gasteiger partial charge in [0.15, 0.2) is 0 Å². The summed E-state index contributed by atoms with van der Waals surface area (Å²) in [4.78, 5) is 0. The van der Waals surface area contributed by atoms with Crippen molar-refractivity contribution in [3.63, 3.8) is 0 Å². The maximum absolute atomic E-state index is 9.52. The summed E-state index contributed by atoms with van der Waals surface area (Å²) in [6.07, 6.45) is 8.06. The molecule has 0 amide bonds. The lowest BCUT2D eigenvalue weighted by molar-refractivity contribution is 0.396. The van der Waals surface area contributed by atoms with Crippen LogP contribution in [0.3, 0.4) is 0 Å². The van der Waals surface area contributed by atoms with E-state index in [0.29, 0.717) is 17.1 Å². The second kappa shape index (κ2) is 13.7. The van der Waals surface area contributed by atoms with E-state index >= 15 is 0 Å². The minimum absolute atomic E-state index is 0.0345. The summed E-state index contributed by atoms with van der Waals surface area (Å²) in [6.45, 7) is 0. The normalized spacial score (nSPS) is 15.5. The Hall–Kier alpha value is -6.69. The van der Waals surface area contributed by atoms with Gasteiger partial charge < -0.3 is 4.74 Å². The standard InChI is InChI=1S/C43H30N4O/c44-29-38(30-45)37-26-40(48-43(27-37)36-14-8-3-9-15-36)25-18-31-16-23-39(24-17-31)47-42(28-41(46-47)34-12-6-2-7-13-34)35-21-19-33(20-22-35)32-10-4-1-5-11-32/h1-27,42H,28H2/b25-18+. The summed E-state index contributed by atoms with van der Waals surface area (Å²) >= 11 is 0. The van der Waals surface area contributed by atoms with E-state index in [1.54, 1.807) is 12.2 Å². The molecule has 2 aliphatic rings. The number of rotatable bonds is 7.